The van der Waals surface area contributed by atoms with E-state index in [1.54, 1.807) is 12.1 Å². The molecule has 0 radical (unpaired) electrons. The molecule has 8 heteroatoms. The Bertz CT molecular complexity index is 582. The summed E-state index contributed by atoms with van der Waals surface area (Å²) in [7, 11) is 2.09. The van der Waals surface area contributed by atoms with Crippen molar-refractivity contribution in [3.8, 4) is 0 Å². The maximum atomic E-state index is 11.7. The summed E-state index contributed by atoms with van der Waals surface area (Å²) in [5.74, 6) is -0.161. The number of non-ortho nitro benzene ring substituents is 1. The molecule has 1 aromatic rings. The van der Waals surface area contributed by atoms with Gasteiger partial charge in [-0.05, 0) is 7.05 Å². The average Bonchev–Trinajstić information content (AvgIpc) is 2.54. The summed E-state index contributed by atoms with van der Waals surface area (Å²) in [6.45, 7) is 4.70. The van der Waals surface area contributed by atoms with Gasteiger partial charge in [0.25, 0.3) is 5.69 Å². The van der Waals surface area contributed by atoms with E-state index in [0.29, 0.717) is 18.5 Å². The Kier molecular flexibility index (Phi) is 6.19. The number of nitrogens with one attached hydrogen (secondary N) is 1. The number of carbonyl (C=O) groups is 1. The van der Waals surface area contributed by atoms with E-state index in [1.807, 2.05) is 0 Å². The van der Waals surface area contributed by atoms with Crippen molar-refractivity contribution in [2.45, 2.75) is 6.42 Å². The van der Waals surface area contributed by atoms with Crippen LogP contribution in [-0.4, -0.2) is 66.6 Å². The van der Waals surface area contributed by atoms with E-state index in [2.05, 4.69) is 27.4 Å². The number of rotatable bonds is 6. The minimum absolute atomic E-state index is 0.00431. The molecular weight excluding hydrogens is 298 g/mol. The van der Waals surface area contributed by atoms with Gasteiger partial charge >= 0.3 is 0 Å². The zero-order chi connectivity index (χ0) is 16.7. The van der Waals surface area contributed by atoms with Gasteiger partial charge in [0.1, 0.15) is 0 Å². The molecule has 1 aliphatic heterocycles. The molecule has 0 saturated carbocycles. The van der Waals surface area contributed by atoms with Gasteiger partial charge in [0.15, 0.2) is 0 Å². The van der Waals surface area contributed by atoms with E-state index in [4.69, 9.17) is 0 Å². The van der Waals surface area contributed by atoms with Crippen LogP contribution < -0.4 is 5.43 Å². The maximum Gasteiger partial charge on any atom is 0.270 e. The number of piperazine rings is 1. The number of nitro groups is 1. The number of carbonyl (C=O) groups excluding carboxylic acids is 1. The molecular formula is C15H21N5O3. The van der Waals surface area contributed by atoms with E-state index < -0.39 is 4.92 Å². The van der Waals surface area contributed by atoms with Crippen molar-refractivity contribution in [2.75, 3.05) is 39.8 Å². The monoisotopic (exact) mass is 319 g/mol. The van der Waals surface area contributed by atoms with Gasteiger partial charge in [0.2, 0.25) is 5.91 Å². The number of benzene rings is 1. The fourth-order valence-corrected chi connectivity index (χ4v) is 2.28. The maximum absolute atomic E-state index is 11.7. The minimum Gasteiger partial charge on any atom is -0.304 e. The van der Waals surface area contributed by atoms with Crippen LogP contribution in [0.5, 0.6) is 0 Å². The lowest BCUT2D eigenvalue weighted by atomic mass is 10.2. The number of nitro benzene ring substituents is 1. The second-order valence-electron chi connectivity index (χ2n) is 5.54. The third-order valence-electron chi connectivity index (χ3n) is 3.73. The molecule has 1 heterocycles. The van der Waals surface area contributed by atoms with Crippen molar-refractivity contribution in [2.24, 2.45) is 5.10 Å². The number of hydrazone groups is 1. The van der Waals surface area contributed by atoms with Crippen LogP contribution in [0.1, 0.15) is 12.0 Å². The van der Waals surface area contributed by atoms with Gasteiger partial charge in [-0.15, -0.1) is 0 Å². The molecule has 1 amide bonds. The van der Waals surface area contributed by atoms with Gasteiger partial charge in [-0.1, -0.05) is 12.1 Å². The first-order valence-corrected chi connectivity index (χ1v) is 7.52. The van der Waals surface area contributed by atoms with Crippen molar-refractivity contribution >= 4 is 17.8 Å². The quantitative estimate of drug-likeness (QED) is 0.473. The molecule has 0 unspecified atom stereocenters. The molecule has 8 nitrogen and oxygen atoms in total. The molecule has 1 fully saturated rings. The predicted molar refractivity (Wildman–Crippen MR) is 87.4 cm³/mol. The predicted octanol–water partition coefficient (Wildman–Crippen LogP) is 0.682. The summed E-state index contributed by atoms with van der Waals surface area (Å²) in [6, 6.07) is 6.08. The molecule has 0 aliphatic carbocycles. The SMILES string of the molecule is CN1CCN(CCC(=O)N/N=C/c2cccc([N+](=O)[O-])c2)CC1. The summed E-state index contributed by atoms with van der Waals surface area (Å²) in [6.07, 6.45) is 1.79. The van der Waals surface area contributed by atoms with Crippen molar-refractivity contribution < 1.29 is 9.72 Å². The third kappa shape index (κ3) is 5.76. The van der Waals surface area contributed by atoms with Gasteiger partial charge in [-0.2, -0.15) is 5.10 Å². The van der Waals surface area contributed by atoms with Crippen molar-refractivity contribution in [1.29, 1.82) is 0 Å². The van der Waals surface area contributed by atoms with Crippen molar-refractivity contribution in [3.63, 3.8) is 0 Å². The third-order valence-corrected chi connectivity index (χ3v) is 3.73. The molecule has 1 aromatic carbocycles. The molecule has 1 saturated heterocycles. The minimum atomic E-state index is -0.466. The highest BCUT2D eigenvalue weighted by Gasteiger charge is 2.14. The van der Waals surface area contributed by atoms with Crippen molar-refractivity contribution in [1.82, 2.24) is 15.2 Å². The highest BCUT2D eigenvalue weighted by atomic mass is 16.6. The Morgan fingerprint density at radius 3 is 2.83 bits per heavy atom. The van der Waals surface area contributed by atoms with E-state index in [9.17, 15) is 14.9 Å². The van der Waals surface area contributed by atoms with E-state index in [1.165, 1.54) is 18.3 Å². The zero-order valence-corrected chi connectivity index (χ0v) is 13.1. The number of hydrogen-bond acceptors (Lipinski definition) is 6. The first-order valence-electron chi connectivity index (χ1n) is 7.52. The number of likely N-dealkylation sites (N-methyl/N-ethyl adjacent to an activating group) is 1. The fourth-order valence-electron chi connectivity index (χ4n) is 2.28. The number of amides is 1. The van der Waals surface area contributed by atoms with E-state index >= 15 is 0 Å². The number of nitrogens with zero attached hydrogens (tertiary/aromatic N) is 4. The molecule has 124 valence electrons. The Hall–Kier alpha value is -2.32. The summed E-state index contributed by atoms with van der Waals surface area (Å²) < 4.78 is 0. The number of hydrogen-bond donors (Lipinski definition) is 1. The van der Waals surface area contributed by atoms with Gasteiger partial charge in [0.05, 0.1) is 11.1 Å². The Labute approximate surface area is 134 Å². The molecule has 2 rings (SSSR count). The van der Waals surface area contributed by atoms with Crippen LogP contribution in [0, 0.1) is 10.1 Å². The standard InChI is InChI=1S/C15H21N5O3/c1-18-7-9-19(10-8-18)6-5-15(21)17-16-12-13-3-2-4-14(11-13)20(22)23/h2-4,11-12H,5-10H2,1H3,(H,17,21)/b16-12+. The summed E-state index contributed by atoms with van der Waals surface area (Å²) in [5, 5.41) is 14.5. The molecule has 23 heavy (non-hydrogen) atoms. The highest BCUT2D eigenvalue weighted by Crippen LogP contribution is 2.11. The molecule has 0 aromatic heterocycles. The fraction of sp³-hybridized carbons (Fsp3) is 0.467. The summed E-state index contributed by atoms with van der Waals surface area (Å²) in [5.41, 5.74) is 3.02. The first-order chi connectivity index (χ1) is 11.0. The lowest BCUT2D eigenvalue weighted by Gasteiger charge is -2.32. The second-order valence-corrected chi connectivity index (χ2v) is 5.54. The van der Waals surface area contributed by atoms with Crippen molar-refractivity contribution in [3.05, 3.63) is 39.9 Å². The molecule has 1 aliphatic rings. The smallest absolute Gasteiger partial charge is 0.270 e. The van der Waals surface area contributed by atoms with Gasteiger partial charge in [-0.25, -0.2) is 5.43 Å². The largest absolute Gasteiger partial charge is 0.304 e. The molecule has 0 spiro atoms. The van der Waals surface area contributed by atoms with Crippen LogP contribution in [-0.2, 0) is 4.79 Å². The van der Waals surface area contributed by atoms with Gasteiger partial charge < -0.3 is 9.80 Å². The van der Waals surface area contributed by atoms with E-state index in [0.717, 1.165) is 26.2 Å². The van der Waals surface area contributed by atoms with Crippen LogP contribution in [0.25, 0.3) is 0 Å². The normalized spacial score (nSPS) is 16.6. The molecule has 0 atom stereocenters. The Morgan fingerprint density at radius 2 is 2.13 bits per heavy atom. The van der Waals surface area contributed by atoms with Gasteiger partial charge in [0, 0.05) is 56.8 Å². The van der Waals surface area contributed by atoms with E-state index in [-0.39, 0.29) is 11.6 Å². The lowest BCUT2D eigenvalue weighted by Crippen LogP contribution is -2.45. The summed E-state index contributed by atoms with van der Waals surface area (Å²) >= 11 is 0. The lowest BCUT2D eigenvalue weighted by molar-refractivity contribution is -0.384. The second kappa shape index (κ2) is 8.35. The molecule has 1 N–H and O–H groups in total. The zero-order valence-electron chi connectivity index (χ0n) is 13.1. The highest BCUT2D eigenvalue weighted by molar-refractivity contribution is 5.83. The van der Waals surface area contributed by atoms with Crippen LogP contribution >= 0.6 is 0 Å². The Morgan fingerprint density at radius 1 is 1.39 bits per heavy atom. The first kappa shape index (κ1) is 17.0. The Balaban J connectivity index is 1.73. The summed E-state index contributed by atoms with van der Waals surface area (Å²) in [4.78, 5) is 26.5. The topological polar surface area (TPSA) is 91.1 Å². The van der Waals surface area contributed by atoms with Gasteiger partial charge in [-0.3, -0.25) is 14.9 Å². The molecule has 0 bridgehead atoms. The van der Waals surface area contributed by atoms with Crippen LogP contribution in [0.4, 0.5) is 5.69 Å². The average molecular weight is 319 g/mol. The van der Waals surface area contributed by atoms with Crippen LogP contribution in [0.3, 0.4) is 0 Å². The van der Waals surface area contributed by atoms with Crippen LogP contribution in [0.15, 0.2) is 29.4 Å². The van der Waals surface area contributed by atoms with Crippen LogP contribution in [0.2, 0.25) is 0 Å².